The standard InChI is InChI=1S/C9H10N2O3/c1-7(12)14-9(6-11-13)8-3-2-4-10-5-8/h2-5,9H,6H2,1H3. The molecule has 14 heavy (non-hydrogen) atoms. The van der Waals surface area contributed by atoms with Crippen molar-refractivity contribution in [3.05, 3.63) is 35.0 Å². The number of carbonyl (C=O) groups excluding carboxylic acids is 1. The molecule has 0 aliphatic carbocycles. The Morgan fingerprint density at radius 3 is 3.00 bits per heavy atom. The molecule has 0 fully saturated rings. The molecule has 1 rings (SSSR count). The highest BCUT2D eigenvalue weighted by Crippen LogP contribution is 2.16. The summed E-state index contributed by atoms with van der Waals surface area (Å²) in [5, 5.41) is 2.71. The van der Waals surface area contributed by atoms with Gasteiger partial charge in [0.05, 0.1) is 0 Å². The average molecular weight is 194 g/mol. The van der Waals surface area contributed by atoms with Crippen LogP contribution in [0.1, 0.15) is 18.6 Å². The van der Waals surface area contributed by atoms with Gasteiger partial charge in [-0.3, -0.25) is 9.78 Å². The third-order valence-electron chi connectivity index (χ3n) is 1.60. The van der Waals surface area contributed by atoms with Gasteiger partial charge in [0.25, 0.3) is 0 Å². The summed E-state index contributed by atoms with van der Waals surface area (Å²) >= 11 is 0. The van der Waals surface area contributed by atoms with Crippen molar-refractivity contribution in [3.8, 4) is 0 Å². The summed E-state index contributed by atoms with van der Waals surface area (Å²) in [6.45, 7) is 1.19. The first kappa shape index (κ1) is 10.3. The number of hydrogen-bond donors (Lipinski definition) is 0. The lowest BCUT2D eigenvalue weighted by Crippen LogP contribution is -2.11. The van der Waals surface area contributed by atoms with Crippen LogP contribution >= 0.6 is 0 Å². The molecule has 0 saturated heterocycles. The third-order valence-corrected chi connectivity index (χ3v) is 1.60. The molecule has 0 aliphatic rings. The van der Waals surface area contributed by atoms with Crippen molar-refractivity contribution in [1.29, 1.82) is 0 Å². The van der Waals surface area contributed by atoms with Gasteiger partial charge in [-0.15, -0.1) is 0 Å². The Morgan fingerprint density at radius 2 is 2.50 bits per heavy atom. The van der Waals surface area contributed by atoms with Crippen LogP contribution in [0.25, 0.3) is 0 Å². The van der Waals surface area contributed by atoms with Gasteiger partial charge < -0.3 is 4.74 Å². The van der Waals surface area contributed by atoms with Crippen LogP contribution in [-0.2, 0) is 9.53 Å². The van der Waals surface area contributed by atoms with E-state index < -0.39 is 12.1 Å². The van der Waals surface area contributed by atoms with Crippen molar-refractivity contribution in [3.63, 3.8) is 0 Å². The molecule has 0 bridgehead atoms. The monoisotopic (exact) mass is 194 g/mol. The van der Waals surface area contributed by atoms with Gasteiger partial charge in [-0.25, -0.2) is 0 Å². The van der Waals surface area contributed by atoms with E-state index in [0.717, 1.165) is 0 Å². The van der Waals surface area contributed by atoms with Crippen molar-refractivity contribution in [2.24, 2.45) is 5.18 Å². The van der Waals surface area contributed by atoms with Crippen LogP contribution in [0.5, 0.6) is 0 Å². The van der Waals surface area contributed by atoms with E-state index in [1.54, 1.807) is 24.5 Å². The quantitative estimate of drug-likeness (QED) is 0.537. The van der Waals surface area contributed by atoms with Crippen molar-refractivity contribution in [2.45, 2.75) is 13.0 Å². The Labute approximate surface area is 81.1 Å². The van der Waals surface area contributed by atoms with Crippen molar-refractivity contribution in [2.75, 3.05) is 6.54 Å². The van der Waals surface area contributed by atoms with Crippen LogP contribution in [0.15, 0.2) is 29.7 Å². The lowest BCUT2D eigenvalue weighted by Gasteiger charge is -2.12. The Morgan fingerprint density at radius 1 is 1.71 bits per heavy atom. The van der Waals surface area contributed by atoms with E-state index in [4.69, 9.17) is 4.74 Å². The summed E-state index contributed by atoms with van der Waals surface area (Å²) in [6, 6.07) is 3.43. The molecule has 1 aromatic rings. The summed E-state index contributed by atoms with van der Waals surface area (Å²) in [6.07, 6.45) is 2.51. The van der Waals surface area contributed by atoms with Gasteiger partial charge in [0.15, 0.2) is 6.10 Å². The molecule has 5 nitrogen and oxygen atoms in total. The van der Waals surface area contributed by atoms with Crippen LogP contribution in [-0.4, -0.2) is 17.5 Å². The smallest absolute Gasteiger partial charge is 0.303 e. The molecule has 0 spiro atoms. The number of pyridine rings is 1. The fraction of sp³-hybridized carbons (Fsp3) is 0.333. The van der Waals surface area contributed by atoms with Gasteiger partial charge in [0.1, 0.15) is 6.54 Å². The second-order valence-electron chi connectivity index (χ2n) is 2.70. The van der Waals surface area contributed by atoms with Crippen molar-refractivity contribution < 1.29 is 9.53 Å². The highest BCUT2D eigenvalue weighted by molar-refractivity contribution is 5.66. The zero-order valence-electron chi connectivity index (χ0n) is 7.71. The summed E-state index contributed by atoms with van der Waals surface area (Å²) in [4.78, 5) is 24.7. The van der Waals surface area contributed by atoms with E-state index in [2.05, 4.69) is 10.2 Å². The lowest BCUT2D eigenvalue weighted by atomic mass is 10.1. The number of nitroso groups, excluding NO2 is 1. The van der Waals surface area contributed by atoms with Crippen molar-refractivity contribution in [1.82, 2.24) is 4.98 Å². The summed E-state index contributed by atoms with van der Waals surface area (Å²) in [5.74, 6) is -0.442. The topological polar surface area (TPSA) is 68.6 Å². The van der Waals surface area contributed by atoms with E-state index in [1.807, 2.05) is 0 Å². The minimum atomic E-state index is -0.626. The molecular formula is C9H10N2O3. The molecule has 0 aromatic carbocycles. The highest BCUT2D eigenvalue weighted by atomic mass is 16.5. The molecule has 0 N–H and O–H groups in total. The van der Waals surface area contributed by atoms with Gasteiger partial charge >= 0.3 is 5.97 Å². The van der Waals surface area contributed by atoms with Crippen LogP contribution < -0.4 is 0 Å². The Hall–Kier alpha value is -1.78. The zero-order chi connectivity index (χ0) is 10.4. The minimum Gasteiger partial charge on any atom is -0.455 e. The number of rotatable bonds is 4. The predicted octanol–water partition coefficient (Wildman–Crippen LogP) is 1.45. The zero-order valence-corrected chi connectivity index (χ0v) is 7.71. The Balaban J connectivity index is 2.77. The number of aromatic nitrogens is 1. The fourth-order valence-electron chi connectivity index (χ4n) is 1.05. The molecule has 1 atom stereocenters. The maximum absolute atomic E-state index is 10.7. The largest absolute Gasteiger partial charge is 0.455 e. The first-order valence-corrected chi connectivity index (χ1v) is 4.10. The first-order valence-electron chi connectivity index (χ1n) is 4.10. The molecule has 0 amide bonds. The molecule has 74 valence electrons. The van der Waals surface area contributed by atoms with Crippen LogP contribution in [0.3, 0.4) is 0 Å². The SMILES string of the molecule is CC(=O)OC(CN=O)c1cccnc1. The van der Waals surface area contributed by atoms with Crippen molar-refractivity contribution >= 4 is 5.97 Å². The molecule has 1 heterocycles. The van der Waals surface area contributed by atoms with Crippen LogP contribution in [0.2, 0.25) is 0 Å². The third kappa shape index (κ3) is 2.93. The fourth-order valence-corrected chi connectivity index (χ4v) is 1.05. The maximum atomic E-state index is 10.7. The van der Waals surface area contributed by atoms with Crippen LogP contribution in [0, 0.1) is 4.91 Å². The van der Waals surface area contributed by atoms with Gasteiger partial charge in [-0.05, 0) is 6.07 Å². The molecule has 0 radical (unpaired) electrons. The van der Waals surface area contributed by atoms with E-state index in [1.165, 1.54) is 6.92 Å². The molecule has 0 saturated carbocycles. The maximum Gasteiger partial charge on any atom is 0.303 e. The summed E-state index contributed by atoms with van der Waals surface area (Å²) in [7, 11) is 0. The lowest BCUT2D eigenvalue weighted by molar-refractivity contribution is -0.146. The van der Waals surface area contributed by atoms with E-state index in [9.17, 15) is 9.70 Å². The second-order valence-corrected chi connectivity index (χ2v) is 2.70. The summed E-state index contributed by atoms with van der Waals surface area (Å²) < 4.78 is 4.90. The molecule has 5 heteroatoms. The van der Waals surface area contributed by atoms with Crippen LogP contribution in [0.4, 0.5) is 0 Å². The number of nitrogens with zero attached hydrogens (tertiary/aromatic N) is 2. The summed E-state index contributed by atoms with van der Waals surface area (Å²) in [5.41, 5.74) is 0.669. The highest BCUT2D eigenvalue weighted by Gasteiger charge is 2.14. The Bertz CT molecular complexity index is 313. The van der Waals surface area contributed by atoms with E-state index in [-0.39, 0.29) is 6.54 Å². The molecule has 0 aliphatic heterocycles. The predicted molar refractivity (Wildman–Crippen MR) is 49.4 cm³/mol. The minimum absolute atomic E-state index is 0.0920. The first-order chi connectivity index (χ1) is 6.74. The molecule has 1 unspecified atom stereocenters. The van der Waals surface area contributed by atoms with E-state index in [0.29, 0.717) is 5.56 Å². The molecular weight excluding hydrogens is 184 g/mol. The van der Waals surface area contributed by atoms with Gasteiger partial charge in [0, 0.05) is 24.9 Å². The molecule has 1 aromatic heterocycles. The second kappa shape index (κ2) is 5.06. The van der Waals surface area contributed by atoms with E-state index >= 15 is 0 Å². The number of esters is 1. The van der Waals surface area contributed by atoms with Gasteiger partial charge in [-0.2, -0.15) is 4.91 Å². The Kier molecular flexibility index (Phi) is 3.72. The van der Waals surface area contributed by atoms with Gasteiger partial charge in [-0.1, -0.05) is 11.2 Å². The average Bonchev–Trinajstić information content (AvgIpc) is 2.18. The van der Waals surface area contributed by atoms with Gasteiger partial charge in [0.2, 0.25) is 0 Å². The number of carbonyl (C=O) groups is 1. The number of hydrogen-bond acceptors (Lipinski definition) is 5. The normalized spacial score (nSPS) is 11.8. The number of ether oxygens (including phenoxy) is 1.